The number of allylic oxidation sites excluding steroid dienone is 8. The highest BCUT2D eigenvalue weighted by molar-refractivity contribution is 6.81. The predicted molar refractivity (Wildman–Crippen MR) is 94.1 cm³/mol. The average Bonchev–Trinajstić information content (AvgIpc) is 3.12. The minimum absolute atomic E-state index is 0.893. The van der Waals surface area contributed by atoms with E-state index in [9.17, 15) is 0 Å². The van der Waals surface area contributed by atoms with Gasteiger partial charge in [-0.15, -0.1) is 0 Å². The monoisotopic (exact) mass is 296 g/mol. The zero-order chi connectivity index (χ0) is 14.4. The maximum absolute atomic E-state index is 2.70. The van der Waals surface area contributed by atoms with Crippen LogP contribution in [0.3, 0.4) is 0 Å². The molecule has 4 rings (SSSR count). The second kappa shape index (κ2) is 5.12. The lowest BCUT2D eigenvalue weighted by Crippen LogP contribution is -2.38. The van der Waals surface area contributed by atoms with Crippen molar-refractivity contribution in [2.45, 2.75) is 62.7 Å². The van der Waals surface area contributed by atoms with E-state index in [1.807, 2.05) is 11.1 Å². The smallest absolute Gasteiger partial charge is 0.0619 e. The lowest BCUT2D eigenvalue weighted by atomic mass is 9.94. The second-order valence-corrected chi connectivity index (χ2v) is 13.2. The fourth-order valence-corrected chi connectivity index (χ4v) is 10.4. The Morgan fingerprint density at radius 1 is 0.762 bits per heavy atom. The minimum Gasteiger partial charge on any atom is -0.0839 e. The molecule has 0 nitrogen and oxygen atoms in total. The van der Waals surface area contributed by atoms with Crippen molar-refractivity contribution < 1.29 is 0 Å². The van der Waals surface area contributed by atoms with E-state index in [-0.39, 0.29) is 0 Å². The highest BCUT2D eigenvalue weighted by atomic mass is 28.3. The van der Waals surface area contributed by atoms with E-state index in [1.54, 1.807) is 0 Å². The van der Waals surface area contributed by atoms with Gasteiger partial charge in [-0.3, -0.25) is 0 Å². The topological polar surface area (TPSA) is 0 Å². The SMILES string of the molecule is C[Si](C)(C1CCC2CC=CC=C21)C1CCC2CC=CC=C21. The Kier molecular flexibility index (Phi) is 3.37. The fraction of sp³-hybridized carbons (Fsp3) is 0.600. The molecule has 2 fully saturated rings. The molecule has 2 saturated carbocycles. The summed E-state index contributed by atoms with van der Waals surface area (Å²) in [5, 5.41) is 0. The maximum Gasteiger partial charge on any atom is 0.0619 e. The van der Waals surface area contributed by atoms with E-state index >= 15 is 0 Å². The first kappa shape index (κ1) is 13.8. The summed E-state index contributed by atoms with van der Waals surface area (Å²) >= 11 is 0. The normalized spacial score (nSPS) is 38.0. The summed E-state index contributed by atoms with van der Waals surface area (Å²) in [6.45, 7) is 5.40. The van der Waals surface area contributed by atoms with Crippen LogP contribution >= 0.6 is 0 Å². The van der Waals surface area contributed by atoms with Crippen LogP contribution < -0.4 is 0 Å². The molecule has 0 aromatic carbocycles. The van der Waals surface area contributed by atoms with Crippen molar-refractivity contribution in [2.75, 3.05) is 0 Å². The molecular formula is C20H28Si. The molecule has 1 heteroatoms. The largest absolute Gasteiger partial charge is 0.0839 e. The number of rotatable bonds is 2. The maximum atomic E-state index is 2.70. The van der Waals surface area contributed by atoms with Crippen LogP contribution in [0.15, 0.2) is 47.6 Å². The van der Waals surface area contributed by atoms with Crippen molar-refractivity contribution in [2.24, 2.45) is 11.8 Å². The van der Waals surface area contributed by atoms with Crippen LogP contribution in [-0.4, -0.2) is 8.07 Å². The van der Waals surface area contributed by atoms with Crippen molar-refractivity contribution in [3.8, 4) is 0 Å². The lowest BCUT2D eigenvalue weighted by Gasteiger charge is -2.39. The van der Waals surface area contributed by atoms with Gasteiger partial charge in [0.1, 0.15) is 0 Å². The Balaban J connectivity index is 1.64. The molecule has 4 aliphatic carbocycles. The Bertz CT molecular complexity index is 498. The third-order valence-electron chi connectivity index (χ3n) is 6.84. The van der Waals surface area contributed by atoms with E-state index in [0.717, 1.165) is 22.9 Å². The fourth-order valence-electron chi connectivity index (χ4n) is 5.67. The quantitative estimate of drug-likeness (QED) is 0.546. The van der Waals surface area contributed by atoms with Gasteiger partial charge in [0.25, 0.3) is 0 Å². The molecule has 0 spiro atoms. The van der Waals surface area contributed by atoms with Crippen molar-refractivity contribution in [3.05, 3.63) is 47.6 Å². The van der Waals surface area contributed by atoms with Gasteiger partial charge in [-0.05, 0) is 61.4 Å². The highest BCUT2D eigenvalue weighted by Crippen LogP contribution is 2.58. The molecule has 21 heavy (non-hydrogen) atoms. The molecule has 0 bridgehead atoms. The van der Waals surface area contributed by atoms with Crippen LogP contribution in [0.1, 0.15) is 38.5 Å². The molecule has 4 aliphatic rings. The number of hydrogen-bond donors (Lipinski definition) is 0. The summed E-state index contributed by atoms with van der Waals surface area (Å²) in [5.74, 6) is 1.79. The van der Waals surface area contributed by atoms with E-state index in [0.29, 0.717) is 0 Å². The first-order valence-corrected chi connectivity index (χ1v) is 12.1. The first-order chi connectivity index (χ1) is 10.2. The molecule has 0 N–H and O–H groups in total. The van der Waals surface area contributed by atoms with Crippen molar-refractivity contribution in [3.63, 3.8) is 0 Å². The third-order valence-corrected chi connectivity index (χ3v) is 11.7. The van der Waals surface area contributed by atoms with E-state index in [4.69, 9.17) is 0 Å². The van der Waals surface area contributed by atoms with Crippen molar-refractivity contribution in [1.29, 1.82) is 0 Å². The Labute approximate surface area is 130 Å². The van der Waals surface area contributed by atoms with Gasteiger partial charge in [-0.2, -0.15) is 0 Å². The van der Waals surface area contributed by atoms with Gasteiger partial charge in [-0.1, -0.05) is 60.7 Å². The van der Waals surface area contributed by atoms with Crippen LogP contribution in [0.5, 0.6) is 0 Å². The number of fused-ring (bicyclic) bond motifs is 2. The Morgan fingerprint density at radius 2 is 1.24 bits per heavy atom. The molecule has 112 valence electrons. The predicted octanol–water partition coefficient (Wildman–Crippen LogP) is 6.03. The van der Waals surface area contributed by atoms with Crippen LogP contribution in [0.4, 0.5) is 0 Å². The van der Waals surface area contributed by atoms with Crippen LogP contribution in [0.25, 0.3) is 0 Å². The molecular weight excluding hydrogens is 268 g/mol. The van der Waals surface area contributed by atoms with Crippen LogP contribution in [-0.2, 0) is 0 Å². The van der Waals surface area contributed by atoms with Gasteiger partial charge in [0, 0.05) is 0 Å². The van der Waals surface area contributed by atoms with Gasteiger partial charge in [0.2, 0.25) is 0 Å². The summed E-state index contributed by atoms with van der Waals surface area (Å²) in [6.07, 6.45) is 22.9. The van der Waals surface area contributed by atoms with Crippen molar-refractivity contribution in [1.82, 2.24) is 0 Å². The summed E-state index contributed by atoms with van der Waals surface area (Å²) in [4.78, 5) is 0. The Morgan fingerprint density at radius 3 is 1.71 bits per heavy atom. The zero-order valence-corrected chi connectivity index (χ0v) is 14.5. The number of hydrogen-bond acceptors (Lipinski definition) is 0. The molecule has 0 saturated heterocycles. The molecule has 4 unspecified atom stereocenters. The average molecular weight is 297 g/mol. The molecule has 0 aliphatic heterocycles. The summed E-state index contributed by atoms with van der Waals surface area (Å²) in [5.41, 5.74) is 5.57. The van der Waals surface area contributed by atoms with Gasteiger partial charge >= 0.3 is 0 Å². The molecule has 4 atom stereocenters. The molecule has 0 radical (unpaired) electrons. The molecule has 0 aromatic heterocycles. The van der Waals surface area contributed by atoms with E-state index < -0.39 is 8.07 Å². The summed E-state index contributed by atoms with van der Waals surface area (Å²) in [7, 11) is -1.26. The van der Waals surface area contributed by atoms with E-state index in [2.05, 4.69) is 49.6 Å². The van der Waals surface area contributed by atoms with Gasteiger partial charge in [0.05, 0.1) is 8.07 Å². The molecule has 0 aromatic rings. The standard InChI is InChI=1S/C20H28Si/c1-21(2,19-13-11-15-7-3-5-9-17(15)19)20-14-12-16-8-4-6-10-18(16)20/h3-6,9-10,15-16,19-20H,7-8,11-14H2,1-2H3. The molecule has 0 heterocycles. The first-order valence-electron chi connectivity index (χ1n) is 8.91. The van der Waals surface area contributed by atoms with Crippen LogP contribution in [0.2, 0.25) is 24.2 Å². The third kappa shape index (κ3) is 2.16. The van der Waals surface area contributed by atoms with Gasteiger partial charge in [-0.25, -0.2) is 0 Å². The molecule has 0 amide bonds. The Hall–Kier alpha value is -0.823. The second-order valence-electron chi connectivity index (χ2n) is 8.14. The van der Waals surface area contributed by atoms with E-state index in [1.165, 1.54) is 38.5 Å². The summed E-state index contributed by atoms with van der Waals surface area (Å²) in [6, 6.07) is 0. The van der Waals surface area contributed by atoms with Gasteiger partial charge in [0.15, 0.2) is 0 Å². The van der Waals surface area contributed by atoms with Gasteiger partial charge < -0.3 is 0 Å². The highest BCUT2D eigenvalue weighted by Gasteiger charge is 2.49. The van der Waals surface area contributed by atoms with Crippen LogP contribution in [0, 0.1) is 11.8 Å². The minimum atomic E-state index is -1.26. The van der Waals surface area contributed by atoms with Crippen molar-refractivity contribution >= 4 is 8.07 Å². The summed E-state index contributed by atoms with van der Waals surface area (Å²) < 4.78 is 0. The lowest BCUT2D eigenvalue weighted by molar-refractivity contribution is 0.632. The zero-order valence-electron chi connectivity index (χ0n) is 13.5.